The summed E-state index contributed by atoms with van der Waals surface area (Å²) in [5, 5.41) is 0. The van der Waals surface area contributed by atoms with Gasteiger partial charge in [0.25, 0.3) is 0 Å². The van der Waals surface area contributed by atoms with Gasteiger partial charge in [-0.1, -0.05) is 31.0 Å². The van der Waals surface area contributed by atoms with Gasteiger partial charge in [0, 0.05) is 30.5 Å². The number of piperidine rings is 1. The lowest BCUT2D eigenvalue weighted by Crippen LogP contribution is -2.60. The molecule has 0 amide bonds. The molecule has 1 aromatic rings. The lowest BCUT2D eigenvalue weighted by molar-refractivity contribution is -0.137. The Balaban J connectivity index is 1.44. The standard InChI is InChI=1S/C20H25NO3/c22-18-10-13-21-16(9-12-20(21)11-5-4-8-17(18)20)14-24-19(23)15-6-2-1-3-7-15/h1-3,6-7,16-17H,4-5,8-14H2/t16-,17+,20-/m1/s1. The number of esters is 1. The van der Waals surface area contributed by atoms with E-state index < -0.39 is 0 Å². The van der Waals surface area contributed by atoms with E-state index in [0.29, 0.717) is 24.4 Å². The minimum absolute atomic E-state index is 0.0669. The van der Waals surface area contributed by atoms with Crippen molar-refractivity contribution in [2.24, 2.45) is 5.92 Å². The summed E-state index contributed by atoms with van der Waals surface area (Å²) in [7, 11) is 0. The van der Waals surface area contributed by atoms with Crippen molar-refractivity contribution in [3.05, 3.63) is 35.9 Å². The van der Waals surface area contributed by atoms with Gasteiger partial charge >= 0.3 is 5.97 Å². The first kappa shape index (κ1) is 15.8. The van der Waals surface area contributed by atoms with E-state index in [9.17, 15) is 9.59 Å². The quantitative estimate of drug-likeness (QED) is 0.800. The number of nitrogens with zero attached hydrogens (tertiary/aromatic N) is 1. The molecule has 0 radical (unpaired) electrons. The predicted molar refractivity (Wildman–Crippen MR) is 90.8 cm³/mol. The van der Waals surface area contributed by atoms with E-state index in [4.69, 9.17) is 4.74 Å². The fourth-order valence-corrected chi connectivity index (χ4v) is 5.22. The molecule has 0 aromatic heterocycles. The molecule has 3 fully saturated rings. The predicted octanol–water partition coefficient (Wildman–Crippen LogP) is 3.21. The Morgan fingerprint density at radius 3 is 2.83 bits per heavy atom. The SMILES string of the molecule is O=C(OC[C@H]1CC[C@]23CCCC[C@H]2C(=O)CCN13)c1ccccc1. The largest absolute Gasteiger partial charge is 0.460 e. The molecule has 2 aliphatic heterocycles. The lowest BCUT2D eigenvalue weighted by Gasteiger charge is -2.51. The Morgan fingerprint density at radius 2 is 2.00 bits per heavy atom. The number of hydrogen-bond acceptors (Lipinski definition) is 4. The van der Waals surface area contributed by atoms with E-state index in [1.54, 1.807) is 12.1 Å². The summed E-state index contributed by atoms with van der Waals surface area (Å²) in [6.07, 6.45) is 7.35. The zero-order chi connectivity index (χ0) is 16.6. The van der Waals surface area contributed by atoms with Crippen molar-refractivity contribution in [3.8, 4) is 0 Å². The van der Waals surface area contributed by atoms with E-state index in [2.05, 4.69) is 4.90 Å². The Morgan fingerprint density at radius 1 is 1.17 bits per heavy atom. The van der Waals surface area contributed by atoms with Crippen LogP contribution in [-0.2, 0) is 9.53 Å². The monoisotopic (exact) mass is 327 g/mol. The van der Waals surface area contributed by atoms with Gasteiger partial charge in [0.05, 0.1) is 5.56 Å². The highest BCUT2D eigenvalue weighted by atomic mass is 16.5. The first-order valence-electron chi connectivity index (χ1n) is 9.22. The van der Waals surface area contributed by atoms with Crippen molar-refractivity contribution in [2.75, 3.05) is 13.2 Å². The van der Waals surface area contributed by atoms with Crippen LogP contribution in [0.1, 0.15) is 55.3 Å². The number of benzene rings is 1. The molecule has 4 rings (SSSR count). The Kier molecular flexibility index (Phi) is 4.17. The van der Waals surface area contributed by atoms with Gasteiger partial charge in [-0.15, -0.1) is 0 Å². The highest BCUT2D eigenvalue weighted by Crippen LogP contribution is 2.50. The average molecular weight is 327 g/mol. The van der Waals surface area contributed by atoms with Gasteiger partial charge in [0.2, 0.25) is 0 Å². The molecular formula is C20H25NO3. The van der Waals surface area contributed by atoms with Crippen LogP contribution in [0.25, 0.3) is 0 Å². The van der Waals surface area contributed by atoms with Gasteiger partial charge < -0.3 is 4.74 Å². The first-order valence-corrected chi connectivity index (χ1v) is 9.22. The first-order chi connectivity index (χ1) is 11.7. The average Bonchev–Trinajstić information content (AvgIpc) is 2.98. The molecule has 24 heavy (non-hydrogen) atoms. The maximum atomic E-state index is 12.4. The number of rotatable bonds is 3. The van der Waals surface area contributed by atoms with Crippen molar-refractivity contribution in [1.29, 1.82) is 0 Å². The Hall–Kier alpha value is -1.68. The molecule has 2 heterocycles. The molecule has 2 saturated heterocycles. The van der Waals surface area contributed by atoms with Crippen LogP contribution in [0, 0.1) is 5.92 Å². The van der Waals surface area contributed by atoms with Gasteiger partial charge in [-0.3, -0.25) is 9.69 Å². The zero-order valence-electron chi connectivity index (χ0n) is 14.1. The molecule has 1 aliphatic carbocycles. The number of ether oxygens (including phenoxy) is 1. The minimum atomic E-state index is -0.246. The summed E-state index contributed by atoms with van der Waals surface area (Å²) in [6.45, 7) is 1.28. The van der Waals surface area contributed by atoms with Crippen LogP contribution in [0.4, 0.5) is 0 Å². The summed E-state index contributed by atoms with van der Waals surface area (Å²) in [6, 6.07) is 9.44. The third-order valence-electron chi connectivity index (χ3n) is 6.33. The summed E-state index contributed by atoms with van der Waals surface area (Å²) in [5.41, 5.74) is 0.673. The van der Waals surface area contributed by atoms with Crippen LogP contribution in [0.2, 0.25) is 0 Å². The number of carbonyl (C=O) groups is 2. The highest BCUT2D eigenvalue weighted by Gasteiger charge is 2.56. The zero-order valence-corrected chi connectivity index (χ0v) is 14.1. The molecule has 1 saturated carbocycles. The summed E-state index contributed by atoms with van der Waals surface area (Å²) in [4.78, 5) is 27.1. The Labute approximate surface area is 143 Å². The van der Waals surface area contributed by atoms with Gasteiger partial charge in [-0.2, -0.15) is 0 Å². The maximum absolute atomic E-state index is 12.4. The lowest BCUT2D eigenvalue weighted by atomic mass is 9.67. The number of hydrogen-bond donors (Lipinski definition) is 0. The molecular weight excluding hydrogens is 302 g/mol. The molecule has 3 aliphatic rings. The van der Waals surface area contributed by atoms with Crippen LogP contribution < -0.4 is 0 Å². The van der Waals surface area contributed by atoms with Crippen molar-refractivity contribution < 1.29 is 14.3 Å². The van der Waals surface area contributed by atoms with Crippen LogP contribution in [-0.4, -0.2) is 41.4 Å². The van der Waals surface area contributed by atoms with Crippen molar-refractivity contribution >= 4 is 11.8 Å². The fraction of sp³-hybridized carbons (Fsp3) is 0.600. The fourth-order valence-electron chi connectivity index (χ4n) is 5.22. The van der Waals surface area contributed by atoms with E-state index in [1.807, 2.05) is 18.2 Å². The molecule has 1 spiro atoms. The van der Waals surface area contributed by atoms with Crippen LogP contribution in [0.15, 0.2) is 30.3 Å². The van der Waals surface area contributed by atoms with E-state index >= 15 is 0 Å². The van der Waals surface area contributed by atoms with Crippen LogP contribution in [0.3, 0.4) is 0 Å². The van der Waals surface area contributed by atoms with E-state index in [1.165, 1.54) is 12.8 Å². The second-order valence-electron chi connectivity index (χ2n) is 7.47. The van der Waals surface area contributed by atoms with Crippen molar-refractivity contribution in [2.45, 2.75) is 56.5 Å². The van der Waals surface area contributed by atoms with Crippen molar-refractivity contribution in [1.82, 2.24) is 4.90 Å². The molecule has 1 aromatic carbocycles. The van der Waals surface area contributed by atoms with Gasteiger partial charge in [0.1, 0.15) is 12.4 Å². The van der Waals surface area contributed by atoms with Crippen molar-refractivity contribution in [3.63, 3.8) is 0 Å². The smallest absolute Gasteiger partial charge is 0.338 e. The normalized spacial score (nSPS) is 32.9. The number of carbonyl (C=O) groups excluding carboxylic acids is 2. The molecule has 128 valence electrons. The summed E-state index contributed by atoms with van der Waals surface area (Å²) in [5.74, 6) is 0.438. The molecule has 0 bridgehead atoms. The molecule has 4 heteroatoms. The number of ketones is 1. The van der Waals surface area contributed by atoms with E-state index in [-0.39, 0.29) is 23.5 Å². The highest BCUT2D eigenvalue weighted by molar-refractivity contribution is 5.89. The van der Waals surface area contributed by atoms with Gasteiger partial charge in [-0.05, 0) is 37.8 Å². The number of Topliss-reactive ketones (excluding diaryl/α,β-unsaturated/α-hetero) is 1. The molecule has 0 unspecified atom stereocenters. The molecule has 4 nitrogen and oxygen atoms in total. The third kappa shape index (κ3) is 2.57. The minimum Gasteiger partial charge on any atom is -0.460 e. The van der Waals surface area contributed by atoms with Crippen LogP contribution in [0.5, 0.6) is 0 Å². The molecule has 0 N–H and O–H groups in total. The third-order valence-corrected chi connectivity index (χ3v) is 6.33. The van der Waals surface area contributed by atoms with Gasteiger partial charge in [0.15, 0.2) is 0 Å². The second-order valence-corrected chi connectivity index (χ2v) is 7.47. The summed E-state index contributed by atoms with van der Waals surface area (Å²) < 4.78 is 5.60. The Bertz CT molecular complexity index is 629. The topological polar surface area (TPSA) is 46.6 Å². The second kappa shape index (κ2) is 6.32. The molecule has 3 atom stereocenters. The van der Waals surface area contributed by atoms with Gasteiger partial charge in [-0.25, -0.2) is 4.79 Å². The van der Waals surface area contributed by atoms with E-state index in [0.717, 1.165) is 32.2 Å². The maximum Gasteiger partial charge on any atom is 0.338 e. The summed E-state index contributed by atoms with van der Waals surface area (Å²) >= 11 is 0. The van der Waals surface area contributed by atoms with Crippen LogP contribution >= 0.6 is 0 Å².